The summed E-state index contributed by atoms with van der Waals surface area (Å²) in [6.45, 7) is 1.96. The number of alkyl halides is 1. The van der Waals surface area contributed by atoms with E-state index in [9.17, 15) is 4.79 Å². The van der Waals surface area contributed by atoms with Crippen LogP contribution in [0.3, 0.4) is 0 Å². The Hall–Kier alpha value is -0.490. The lowest BCUT2D eigenvalue weighted by molar-refractivity contribution is -0.125. The molecule has 0 heterocycles. The van der Waals surface area contributed by atoms with E-state index in [0.717, 1.165) is 25.7 Å². The molecule has 1 saturated carbocycles. The molecule has 0 aliphatic heterocycles. The number of carbonyl (C=O) groups is 1. The van der Waals surface area contributed by atoms with E-state index in [1.54, 1.807) is 0 Å². The maximum absolute atomic E-state index is 11.6. The molecule has 0 spiro atoms. The van der Waals surface area contributed by atoms with Gasteiger partial charge in [0.15, 0.2) is 0 Å². The van der Waals surface area contributed by atoms with Crippen molar-refractivity contribution in [2.45, 2.75) is 43.0 Å². The molecule has 1 N–H and O–H groups in total. The van der Waals surface area contributed by atoms with E-state index in [1.807, 2.05) is 6.92 Å². The first kappa shape index (κ1) is 10.6. The fraction of sp³-hybridized carbons (Fsp3) is 0.700. The van der Waals surface area contributed by atoms with Crippen LogP contribution < -0.4 is 5.32 Å². The van der Waals surface area contributed by atoms with Gasteiger partial charge in [0.2, 0.25) is 5.91 Å². The van der Waals surface area contributed by atoms with Gasteiger partial charge in [-0.2, -0.15) is 0 Å². The second-order valence-corrected chi connectivity index (χ2v) is 4.94. The first-order chi connectivity index (χ1) is 6.12. The second kappa shape index (κ2) is 4.15. The minimum atomic E-state index is -0.322. The van der Waals surface area contributed by atoms with Gasteiger partial charge in [0, 0.05) is 0 Å². The van der Waals surface area contributed by atoms with Crippen LogP contribution in [0.2, 0.25) is 0 Å². The van der Waals surface area contributed by atoms with Gasteiger partial charge in [0.25, 0.3) is 0 Å². The predicted octanol–water partition coefficient (Wildman–Crippen LogP) is 1.83. The first-order valence-electron chi connectivity index (χ1n) is 4.58. The van der Waals surface area contributed by atoms with Gasteiger partial charge in [-0.25, -0.2) is 0 Å². The number of amides is 1. The number of nitrogens with one attached hydrogen (secondary N) is 1. The van der Waals surface area contributed by atoms with E-state index in [0.29, 0.717) is 0 Å². The van der Waals surface area contributed by atoms with Crippen molar-refractivity contribution in [2.75, 3.05) is 0 Å². The minimum absolute atomic E-state index is 0.0450. The van der Waals surface area contributed by atoms with Crippen LogP contribution in [0, 0.1) is 12.3 Å². The molecule has 1 aliphatic carbocycles. The molecular weight excluding hydrogens is 230 g/mol. The number of halogens is 1. The van der Waals surface area contributed by atoms with Crippen LogP contribution in [0.1, 0.15) is 32.6 Å². The number of terminal acetylenes is 1. The van der Waals surface area contributed by atoms with Crippen LogP contribution in [0.25, 0.3) is 0 Å². The molecule has 1 aliphatic rings. The van der Waals surface area contributed by atoms with Gasteiger partial charge in [0.05, 0.1) is 6.04 Å². The van der Waals surface area contributed by atoms with E-state index in [2.05, 4.69) is 27.2 Å². The van der Waals surface area contributed by atoms with E-state index >= 15 is 0 Å². The van der Waals surface area contributed by atoms with Crippen molar-refractivity contribution in [1.29, 1.82) is 0 Å². The zero-order valence-electron chi connectivity index (χ0n) is 7.77. The lowest BCUT2D eigenvalue weighted by Crippen LogP contribution is -2.49. The Kier molecular flexibility index (Phi) is 3.38. The molecule has 0 bridgehead atoms. The third-order valence-corrected chi connectivity index (χ3v) is 3.62. The Morgan fingerprint density at radius 3 is 2.69 bits per heavy atom. The summed E-state index contributed by atoms with van der Waals surface area (Å²) >= 11 is 3.44. The highest BCUT2D eigenvalue weighted by molar-refractivity contribution is 9.10. The molecule has 0 aromatic heterocycles. The monoisotopic (exact) mass is 243 g/mol. The smallest absolute Gasteiger partial charge is 0.237 e. The Morgan fingerprint density at radius 2 is 2.38 bits per heavy atom. The van der Waals surface area contributed by atoms with Crippen LogP contribution in [-0.2, 0) is 4.79 Å². The molecule has 3 heteroatoms. The van der Waals surface area contributed by atoms with Crippen molar-refractivity contribution in [2.24, 2.45) is 0 Å². The Labute approximate surface area is 87.6 Å². The van der Waals surface area contributed by atoms with E-state index < -0.39 is 0 Å². The van der Waals surface area contributed by atoms with Gasteiger partial charge in [-0.05, 0) is 25.7 Å². The number of carbonyl (C=O) groups excluding carboxylic acids is 1. The first-order valence-corrected chi connectivity index (χ1v) is 5.37. The quantitative estimate of drug-likeness (QED) is 0.595. The fourth-order valence-electron chi connectivity index (χ4n) is 1.26. The standard InChI is InChI=1S/C10H14BrNO/c1-3-8(4-2)12-9(13)10(11)6-5-7-10/h1,8H,4-7H2,2H3,(H,12,13). The molecule has 0 aromatic carbocycles. The zero-order chi connectivity index (χ0) is 9.90. The maximum Gasteiger partial charge on any atom is 0.237 e. The average molecular weight is 244 g/mol. The molecule has 0 aromatic rings. The molecule has 1 atom stereocenters. The summed E-state index contributed by atoms with van der Waals surface area (Å²) in [7, 11) is 0. The van der Waals surface area contributed by atoms with Gasteiger partial charge in [-0.15, -0.1) is 6.42 Å². The molecule has 13 heavy (non-hydrogen) atoms. The molecule has 1 unspecified atom stereocenters. The predicted molar refractivity (Wildman–Crippen MR) is 56.6 cm³/mol. The second-order valence-electron chi connectivity index (χ2n) is 3.42. The summed E-state index contributed by atoms with van der Waals surface area (Å²) in [4.78, 5) is 11.6. The normalized spacial score (nSPS) is 21.0. The molecule has 2 nitrogen and oxygen atoms in total. The van der Waals surface area contributed by atoms with Crippen LogP contribution in [-0.4, -0.2) is 16.3 Å². The van der Waals surface area contributed by atoms with E-state index in [-0.39, 0.29) is 16.3 Å². The highest BCUT2D eigenvalue weighted by atomic mass is 79.9. The maximum atomic E-state index is 11.6. The summed E-state index contributed by atoms with van der Waals surface area (Å²) in [6.07, 6.45) is 8.99. The molecule has 0 saturated heterocycles. The summed E-state index contributed by atoms with van der Waals surface area (Å²) in [5.41, 5.74) is 0. The average Bonchev–Trinajstić information content (AvgIpc) is 2.09. The summed E-state index contributed by atoms with van der Waals surface area (Å²) < 4.78 is -0.322. The number of hydrogen-bond donors (Lipinski definition) is 1. The third kappa shape index (κ3) is 2.25. The SMILES string of the molecule is C#CC(CC)NC(=O)C1(Br)CCC1. The van der Waals surface area contributed by atoms with Crippen molar-refractivity contribution < 1.29 is 4.79 Å². The fourth-order valence-corrected chi connectivity index (χ4v) is 1.94. The van der Waals surface area contributed by atoms with Gasteiger partial charge in [-0.3, -0.25) is 4.79 Å². The summed E-state index contributed by atoms with van der Waals surface area (Å²) in [5, 5.41) is 2.84. The zero-order valence-corrected chi connectivity index (χ0v) is 9.36. The largest absolute Gasteiger partial charge is 0.341 e. The number of hydrogen-bond acceptors (Lipinski definition) is 1. The Balaban J connectivity index is 2.45. The molecule has 0 radical (unpaired) electrons. The van der Waals surface area contributed by atoms with Crippen molar-refractivity contribution in [1.82, 2.24) is 5.32 Å². The van der Waals surface area contributed by atoms with Crippen molar-refractivity contribution >= 4 is 21.8 Å². The van der Waals surface area contributed by atoms with Crippen LogP contribution in [0.5, 0.6) is 0 Å². The van der Waals surface area contributed by atoms with Crippen LogP contribution in [0.15, 0.2) is 0 Å². The summed E-state index contributed by atoms with van der Waals surface area (Å²) in [6, 6.07) is -0.123. The minimum Gasteiger partial charge on any atom is -0.341 e. The molecular formula is C10H14BrNO. The number of rotatable bonds is 3. The molecule has 72 valence electrons. The van der Waals surface area contributed by atoms with Crippen molar-refractivity contribution in [3.05, 3.63) is 0 Å². The molecule has 1 fully saturated rings. The Morgan fingerprint density at radius 1 is 1.77 bits per heavy atom. The van der Waals surface area contributed by atoms with Crippen LogP contribution >= 0.6 is 15.9 Å². The molecule has 1 rings (SSSR count). The Bertz CT molecular complexity index is 240. The lowest BCUT2D eigenvalue weighted by Gasteiger charge is -2.35. The van der Waals surface area contributed by atoms with Crippen LogP contribution in [0.4, 0.5) is 0 Å². The van der Waals surface area contributed by atoms with Gasteiger partial charge in [0.1, 0.15) is 4.32 Å². The van der Waals surface area contributed by atoms with E-state index in [4.69, 9.17) is 6.42 Å². The van der Waals surface area contributed by atoms with Gasteiger partial charge in [-0.1, -0.05) is 28.8 Å². The lowest BCUT2D eigenvalue weighted by atomic mass is 9.84. The molecule has 1 amide bonds. The van der Waals surface area contributed by atoms with Crippen molar-refractivity contribution in [3.8, 4) is 12.3 Å². The van der Waals surface area contributed by atoms with Gasteiger partial charge < -0.3 is 5.32 Å². The van der Waals surface area contributed by atoms with Crippen molar-refractivity contribution in [3.63, 3.8) is 0 Å². The highest BCUT2D eigenvalue weighted by Crippen LogP contribution is 2.40. The van der Waals surface area contributed by atoms with Gasteiger partial charge >= 0.3 is 0 Å². The van der Waals surface area contributed by atoms with E-state index in [1.165, 1.54) is 0 Å². The highest BCUT2D eigenvalue weighted by Gasteiger charge is 2.41. The summed E-state index contributed by atoms with van der Waals surface area (Å²) in [5.74, 6) is 2.60. The third-order valence-electron chi connectivity index (χ3n) is 2.47. The topological polar surface area (TPSA) is 29.1 Å².